The smallest absolute Gasteiger partial charge is 0.306 e. The maximum atomic E-state index is 14.4. The van der Waals surface area contributed by atoms with Crippen LogP contribution in [-0.2, 0) is 38.3 Å². The SMILES string of the molecule is CCCC(CC(=O)[C@@H]1[C@H]2[C@H](CC)[C@H]2CN1C(=O)[C@@H](CC(=O)OCC(C)C)C1CCCCC1)C(=O)C(=O)CCC(=O)NC(C(=O)N(C)C)c1ccccc1. The Balaban J connectivity index is 1.44. The molecule has 0 radical (unpaired) electrons. The number of carbonyl (C=O) groups excluding carboxylic acids is 7. The van der Waals surface area contributed by atoms with Crippen molar-refractivity contribution in [3.63, 3.8) is 0 Å². The molecular weight excluding hydrogens is 674 g/mol. The van der Waals surface area contributed by atoms with E-state index in [1.807, 2.05) is 20.8 Å². The zero-order chi connectivity index (χ0) is 38.8. The van der Waals surface area contributed by atoms with E-state index >= 15 is 0 Å². The van der Waals surface area contributed by atoms with Crippen molar-refractivity contribution in [1.29, 1.82) is 0 Å². The molecule has 1 aromatic rings. The minimum absolute atomic E-state index is 0.00536. The molecule has 3 aliphatic rings. The van der Waals surface area contributed by atoms with Crippen molar-refractivity contribution in [1.82, 2.24) is 15.1 Å². The van der Waals surface area contributed by atoms with Crippen LogP contribution in [0.2, 0.25) is 0 Å². The Morgan fingerprint density at radius 3 is 2.21 bits per heavy atom. The lowest BCUT2D eigenvalue weighted by Gasteiger charge is -2.36. The highest BCUT2D eigenvalue weighted by Gasteiger charge is 2.63. The number of piperidine rings is 1. The molecule has 1 saturated heterocycles. The summed E-state index contributed by atoms with van der Waals surface area (Å²) in [7, 11) is 3.18. The van der Waals surface area contributed by atoms with Gasteiger partial charge < -0.3 is 19.9 Å². The van der Waals surface area contributed by atoms with E-state index in [9.17, 15) is 33.6 Å². The normalized spacial score (nSPS) is 22.7. The topological polar surface area (TPSA) is 147 Å². The second kappa shape index (κ2) is 19.4. The molecule has 292 valence electrons. The van der Waals surface area contributed by atoms with Crippen LogP contribution in [0.15, 0.2) is 30.3 Å². The summed E-state index contributed by atoms with van der Waals surface area (Å²) in [5.74, 6) is -3.70. The van der Waals surface area contributed by atoms with Gasteiger partial charge in [0.15, 0.2) is 11.6 Å². The number of Topliss-reactive ketones (excluding diaryl/α,β-unsaturated/α-hetero) is 3. The van der Waals surface area contributed by atoms with Crippen LogP contribution in [0.3, 0.4) is 0 Å². The number of hydrogen-bond acceptors (Lipinski definition) is 8. The molecule has 1 heterocycles. The predicted molar refractivity (Wildman–Crippen MR) is 200 cm³/mol. The van der Waals surface area contributed by atoms with Crippen molar-refractivity contribution in [2.75, 3.05) is 27.2 Å². The highest BCUT2D eigenvalue weighted by Crippen LogP contribution is 2.58. The number of nitrogens with one attached hydrogen (secondary N) is 1. The van der Waals surface area contributed by atoms with Crippen molar-refractivity contribution < 1.29 is 38.3 Å². The number of rotatable bonds is 20. The number of esters is 1. The van der Waals surface area contributed by atoms with Crippen LogP contribution < -0.4 is 5.32 Å². The van der Waals surface area contributed by atoms with E-state index in [-0.39, 0.29) is 79.5 Å². The van der Waals surface area contributed by atoms with Gasteiger partial charge in [0, 0.05) is 45.8 Å². The molecule has 2 unspecified atom stereocenters. The molecule has 1 N–H and O–H groups in total. The maximum absolute atomic E-state index is 14.4. The molecule has 3 fully saturated rings. The average Bonchev–Trinajstić information content (AvgIpc) is 3.69. The molecule has 2 aliphatic carbocycles. The summed E-state index contributed by atoms with van der Waals surface area (Å²) in [6.07, 6.45) is 5.81. The lowest BCUT2D eigenvalue weighted by molar-refractivity contribution is -0.153. The monoisotopic (exact) mass is 735 g/mol. The lowest BCUT2D eigenvalue weighted by Crippen LogP contribution is -2.49. The van der Waals surface area contributed by atoms with Crippen molar-refractivity contribution in [3.8, 4) is 0 Å². The van der Waals surface area contributed by atoms with Crippen LogP contribution >= 0.6 is 0 Å². The Bertz CT molecular complexity index is 1470. The van der Waals surface area contributed by atoms with Crippen LogP contribution in [0.4, 0.5) is 0 Å². The van der Waals surface area contributed by atoms with Crippen LogP contribution in [0.5, 0.6) is 0 Å². The third kappa shape index (κ3) is 10.8. The molecular formula is C42H61N3O8. The summed E-state index contributed by atoms with van der Waals surface area (Å²) in [4.78, 5) is 97.4. The van der Waals surface area contributed by atoms with E-state index in [1.165, 1.54) is 4.90 Å². The van der Waals surface area contributed by atoms with Crippen molar-refractivity contribution in [3.05, 3.63) is 35.9 Å². The van der Waals surface area contributed by atoms with Gasteiger partial charge >= 0.3 is 5.97 Å². The number of hydrogen-bond donors (Lipinski definition) is 1. The first kappa shape index (κ1) is 41.9. The number of ether oxygens (including phenoxy) is 1. The minimum atomic E-state index is -0.936. The second-order valence-corrected chi connectivity index (χ2v) is 16.1. The molecule has 1 aromatic carbocycles. The molecule has 4 rings (SSSR count). The first-order valence-corrected chi connectivity index (χ1v) is 19.9. The third-order valence-corrected chi connectivity index (χ3v) is 11.5. The van der Waals surface area contributed by atoms with E-state index in [1.54, 1.807) is 49.3 Å². The number of ketones is 3. The number of fused-ring (bicyclic) bond motifs is 1. The van der Waals surface area contributed by atoms with Crippen LogP contribution in [0.1, 0.15) is 116 Å². The summed E-state index contributed by atoms with van der Waals surface area (Å²) >= 11 is 0. The summed E-state index contributed by atoms with van der Waals surface area (Å²) in [6.45, 7) is 8.65. The fraction of sp³-hybridized carbons (Fsp3) is 0.690. The Kier molecular flexibility index (Phi) is 15.4. The Labute approximate surface area is 315 Å². The minimum Gasteiger partial charge on any atom is -0.465 e. The van der Waals surface area contributed by atoms with E-state index in [0.29, 0.717) is 30.9 Å². The third-order valence-electron chi connectivity index (χ3n) is 11.5. The van der Waals surface area contributed by atoms with Gasteiger partial charge in [-0.1, -0.05) is 90.1 Å². The summed E-state index contributed by atoms with van der Waals surface area (Å²) in [5.41, 5.74) is 0.599. The number of likely N-dealkylation sites (tertiary alicyclic amines) is 1. The molecule has 3 amide bonds. The van der Waals surface area contributed by atoms with E-state index in [0.717, 1.165) is 38.5 Å². The summed E-state index contributed by atoms with van der Waals surface area (Å²) < 4.78 is 5.51. The molecule has 11 nitrogen and oxygen atoms in total. The standard InChI is InChI=1S/C42H61N3O8/c1-7-15-29(40(50)33(46)20-21-35(48)43-38(42(52)44(5)6)28-18-13-10-14-19-28)22-34(47)39-37-30(8-2)32(37)24-45(39)41(51)31(27-16-11-9-12-17-27)23-36(49)53-25-26(3)4/h10,13-14,18-19,26-27,29-32,37-39H,7-9,11-12,15-17,20-25H2,1-6H3,(H,43,48)/t29?,30-,31+,32-,37+,38?,39-/m1/s1. The van der Waals surface area contributed by atoms with E-state index < -0.39 is 41.4 Å². The van der Waals surface area contributed by atoms with Gasteiger partial charge in [0.05, 0.1) is 25.0 Å². The van der Waals surface area contributed by atoms with Gasteiger partial charge in [0.25, 0.3) is 0 Å². The van der Waals surface area contributed by atoms with Gasteiger partial charge in [-0.3, -0.25) is 33.6 Å². The number of benzene rings is 1. The zero-order valence-corrected chi connectivity index (χ0v) is 32.6. The summed E-state index contributed by atoms with van der Waals surface area (Å²) in [6, 6.07) is 7.18. The van der Waals surface area contributed by atoms with Crippen LogP contribution in [0, 0.1) is 41.4 Å². The van der Waals surface area contributed by atoms with Gasteiger partial charge in [0.2, 0.25) is 23.5 Å². The summed E-state index contributed by atoms with van der Waals surface area (Å²) in [5, 5.41) is 2.71. The fourth-order valence-corrected chi connectivity index (χ4v) is 8.68. The van der Waals surface area contributed by atoms with Crippen LogP contribution in [0.25, 0.3) is 0 Å². The number of amides is 3. The first-order valence-electron chi connectivity index (χ1n) is 19.9. The van der Waals surface area contributed by atoms with Crippen molar-refractivity contribution >= 4 is 41.0 Å². The number of likely N-dealkylation sites (N-methyl/N-ethyl adjacent to an activating group) is 1. The van der Waals surface area contributed by atoms with Gasteiger partial charge in [-0.2, -0.15) is 0 Å². The molecule has 11 heteroatoms. The van der Waals surface area contributed by atoms with Gasteiger partial charge in [0.1, 0.15) is 6.04 Å². The van der Waals surface area contributed by atoms with Gasteiger partial charge in [-0.25, -0.2) is 0 Å². The average molecular weight is 736 g/mol. The zero-order valence-electron chi connectivity index (χ0n) is 32.6. The molecule has 2 saturated carbocycles. The molecule has 7 atom stereocenters. The van der Waals surface area contributed by atoms with E-state index in [2.05, 4.69) is 12.2 Å². The quantitative estimate of drug-likeness (QED) is 0.137. The molecule has 0 aromatic heterocycles. The highest BCUT2D eigenvalue weighted by molar-refractivity contribution is 6.38. The second-order valence-electron chi connectivity index (χ2n) is 16.1. The molecule has 53 heavy (non-hydrogen) atoms. The first-order chi connectivity index (χ1) is 25.3. The number of carbonyl (C=O) groups is 7. The highest BCUT2D eigenvalue weighted by atomic mass is 16.5. The lowest BCUT2D eigenvalue weighted by atomic mass is 9.77. The van der Waals surface area contributed by atoms with E-state index in [4.69, 9.17) is 4.74 Å². The number of nitrogens with zero attached hydrogens (tertiary/aromatic N) is 2. The molecule has 0 spiro atoms. The van der Waals surface area contributed by atoms with Gasteiger partial charge in [-0.05, 0) is 54.4 Å². The van der Waals surface area contributed by atoms with Crippen molar-refractivity contribution in [2.45, 2.75) is 117 Å². The Morgan fingerprint density at radius 1 is 0.925 bits per heavy atom. The van der Waals surface area contributed by atoms with Gasteiger partial charge in [-0.15, -0.1) is 0 Å². The predicted octanol–water partition coefficient (Wildman–Crippen LogP) is 5.49. The Morgan fingerprint density at radius 2 is 1.60 bits per heavy atom. The fourth-order valence-electron chi connectivity index (χ4n) is 8.68. The maximum Gasteiger partial charge on any atom is 0.306 e. The van der Waals surface area contributed by atoms with Crippen LogP contribution in [-0.4, -0.2) is 84.1 Å². The Hall–Kier alpha value is -3.89. The molecule has 1 aliphatic heterocycles. The molecule has 0 bridgehead atoms. The largest absolute Gasteiger partial charge is 0.465 e. The van der Waals surface area contributed by atoms with Crippen molar-refractivity contribution in [2.24, 2.45) is 41.4 Å².